The monoisotopic (exact) mass is 162 g/mol. The Morgan fingerprint density at radius 3 is 2.00 bits per heavy atom. The number of aliphatic hydroxyl groups is 2. The fourth-order valence-electron chi connectivity index (χ4n) is 0.520. The van der Waals surface area contributed by atoms with Crippen LogP contribution < -0.4 is 0 Å². The molecule has 0 aliphatic heterocycles. The van der Waals surface area contributed by atoms with E-state index in [4.69, 9.17) is 15.3 Å². The number of aliphatic hydroxyl groups excluding tert-OH is 2. The average molecular weight is 162 g/mol. The van der Waals surface area contributed by atoms with Crippen molar-refractivity contribution < 1.29 is 24.9 Å². The zero-order valence-electron chi connectivity index (χ0n) is 6.02. The molecule has 3 N–H and O–H groups in total. The average Bonchev–Trinajstić information content (AvgIpc) is 2.00. The first-order chi connectivity index (χ1) is 5.00. The molecular weight excluding hydrogens is 152 g/mol. The summed E-state index contributed by atoms with van der Waals surface area (Å²) >= 11 is 0. The number of ketones is 1. The van der Waals surface area contributed by atoms with Crippen LogP contribution >= 0.6 is 0 Å². The van der Waals surface area contributed by atoms with Gasteiger partial charge in [-0.05, 0) is 0 Å². The molecule has 0 aromatic carbocycles. The Morgan fingerprint density at radius 2 is 1.73 bits per heavy atom. The molecule has 0 saturated heterocycles. The summed E-state index contributed by atoms with van der Waals surface area (Å²) in [7, 11) is 0. The molecule has 2 unspecified atom stereocenters. The third kappa shape index (κ3) is 2.65. The standard InChI is InChI=1S/C6H10O5/c1-2-3(7)4(8)5(9)6(10)11/h4-5,8-9H,2H2,1H3,(H,10,11). The van der Waals surface area contributed by atoms with Gasteiger partial charge in [-0.1, -0.05) is 6.92 Å². The molecule has 5 heteroatoms. The summed E-state index contributed by atoms with van der Waals surface area (Å²) in [5.74, 6) is -2.28. The van der Waals surface area contributed by atoms with Crippen LogP contribution in [0.1, 0.15) is 13.3 Å². The molecular formula is C6H10O5. The smallest absolute Gasteiger partial charge is 0.335 e. The topological polar surface area (TPSA) is 94.8 Å². The number of hydrogen-bond acceptors (Lipinski definition) is 4. The van der Waals surface area contributed by atoms with Gasteiger partial charge in [-0.2, -0.15) is 0 Å². The minimum absolute atomic E-state index is 0.00546. The summed E-state index contributed by atoms with van der Waals surface area (Å²) in [6.45, 7) is 1.47. The van der Waals surface area contributed by atoms with Crippen molar-refractivity contribution in [2.45, 2.75) is 25.6 Å². The minimum atomic E-state index is -2.01. The number of carboxylic acid groups (broad SMARTS) is 1. The Labute approximate surface area is 63.3 Å². The van der Waals surface area contributed by atoms with Crippen molar-refractivity contribution in [1.82, 2.24) is 0 Å². The van der Waals surface area contributed by atoms with Gasteiger partial charge in [-0.3, -0.25) is 4.79 Å². The molecule has 0 aromatic heterocycles. The summed E-state index contributed by atoms with van der Waals surface area (Å²) in [4.78, 5) is 20.6. The molecule has 0 aromatic rings. The van der Waals surface area contributed by atoms with Gasteiger partial charge < -0.3 is 15.3 Å². The second-order valence-electron chi connectivity index (χ2n) is 2.05. The SMILES string of the molecule is CCC(=O)C(O)C(O)C(=O)O. The highest BCUT2D eigenvalue weighted by atomic mass is 16.4. The van der Waals surface area contributed by atoms with E-state index in [0.29, 0.717) is 0 Å². The number of aliphatic carboxylic acids is 1. The number of carboxylic acids is 1. The van der Waals surface area contributed by atoms with E-state index < -0.39 is 24.0 Å². The van der Waals surface area contributed by atoms with Crippen LogP contribution in [0.5, 0.6) is 0 Å². The van der Waals surface area contributed by atoms with Crippen LogP contribution in [0.3, 0.4) is 0 Å². The Kier molecular flexibility index (Phi) is 3.70. The number of carbonyl (C=O) groups excluding carboxylic acids is 1. The van der Waals surface area contributed by atoms with Crippen molar-refractivity contribution in [2.75, 3.05) is 0 Å². The van der Waals surface area contributed by atoms with Crippen LogP contribution in [0.2, 0.25) is 0 Å². The first-order valence-corrected chi connectivity index (χ1v) is 3.12. The Hall–Kier alpha value is -0.940. The molecule has 0 radical (unpaired) electrons. The molecule has 11 heavy (non-hydrogen) atoms. The van der Waals surface area contributed by atoms with E-state index in [-0.39, 0.29) is 6.42 Å². The van der Waals surface area contributed by atoms with Crippen molar-refractivity contribution >= 4 is 11.8 Å². The van der Waals surface area contributed by atoms with Gasteiger partial charge in [0.2, 0.25) is 0 Å². The maximum absolute atomic E-state index is 10.6. The van der Waals surface area contributed by atoms with E-state index in [1.165, 1.54) is 6.92 Å². The van der Waals surface area contributed by atoms with Crippen molar-refractivity contribution in [3.8, 4) is 0 Å². The molecule has 0 aliphatic carbocycles. The molecule has 0 bridgehead atoms. The first kappa shape index (κ1) is 10.1. The maximum Gasteiger partial charge on any atom is 0.335 e. The summed E-state index contributed by atoms with van der Waals surface area (Å²) in [5.41, 5.74) is 0. The molecule has 0 heterocycles. The van der Waals surface area contributed by atoms with E-state index in [9.17, 15) is 9.59 Å². The lowest BCUT2D eigenvalue weighted by Crippen LogP contribution is -2.39. The van der Waals surface area contributed by atoms with Crippen molar-refractivity contribution in [2.24, 2.45) is 0 Å². The van der Waals surface area contributed by atoms with Gasteiger partial charge in [-0.15, -0.1) is 0 Å². The summed E-state index contributed by atoms with van der Waals surface area (Å²) in [5, 5.41) is 25.5. The van der Waals surface area contributed by atoms with Crippen LogP contribution in [0.4, 0.5) is 0 Å². The normalized spacial score (nSPS) is 15.5. The molecule has 0 rings (SSSR count). The van der Waals surface area contributed by atoms with Crippen molar-refractivity contribution in [1.29, 1.82) is 0 Å². The Bertz CT molecular complexity index is 164. The fraction of sp³-hybridized carbons (Fsp3) is 0.667. The van der Waals surface area contributed by atoms with Gasteiger partial charge in [-0.25, -0.2) is 4.79 Å². The third-order valence-corrected chi connectivity index (χ3v) is 1.23. The van der Waals surface area contributed by atoms with E-state index in [0.717, 1.165) is 0 Å². The van der Waals surface area contributed by atoms with Crippen LogP contribution in [0.15, 0.2) is 0 Å². The lowest BCUT2D eigenvalue weighted by Gasteiger charge is -2.10. The van der Waals surface area contributed by atoms with Gasteiger partial charge in [0.1, 0.15) is 6.10 Å². The minimum Gasteiger partial charge on any atom is -0.479 e. The predicted molar refractivity (Wildman–Crippen MR) is 34.9 cm³/mol. The second-order valence-corrected chi connectivity index (χ2v) is 2.05. The highest BCUT2D eigenvalue weighted by molar-refractivity contribution is 5.88. The zero-order valence-corrected chi connectivity index (χ0v) is 6.02. The van der Waals surface area contributed by atoms with Crippen LogP contribution in [0, 0.1) is 0 Å². The van der Waals surface area contributed by atoms with Crippen molar-refractivity contribution in [3.63, 3.8) is 0 Å². The molecule has 64 valence electrons. The van der Waals surface area contributed by atoms with E-state index in [1.54, 1.807) is 0 Å². The van der Waals surface area contributed by atoms with E-state index in [1.807, 2.05) is 0 Å². The lowest BCUT2D eigenvalue weighted by molar-refractivity contribution is -0.157. The lowest BCUT2D eigenvalue weighted by atomic mass is 10.1. The third-order valence-electron chi connectivity index (χ3n) is 1.23. The maximum atomic E-state index is 10.6. The zero-order chi connectivity index (χ0) is 9.02. The van der Waals surface area contributed by atoms with Crippen LogP contribution in [-0.4, -0.2) is 39.3 Å². The van der Waals surface area contributed by atoms with E-state index in [2.05, 4.69) is 0 Å². The molecule has 0 aliphatic rings. The summed E-state index contributed by atoms with van der Waals surface area (Å²) in [6, 6.07) is 0. The Morgan fingerprint density at radius 1 is 1.27 bits per heavy atom. The number of hydrogen-bond donors (Lipinski definition) is 3. The number of carbonyl (C=O) groups is 2. The van der Waals surface area contributed by atoms with Gasteiger partial charge in [0.25, 0.3) is 0 Å². The summed E-state index contributed by atoms with van der Waals surface area (Å²) in [6.07, 6.45) is -3.81. The van der Waals surface area contributed by atoms with Gasteiger partial charge in [0.15, 0.2) is 11.9 Å². The number of rotatable bonds is 4. The quantitative estimate of drug-likeness (QED) is 0.481. The molecule has 0 amide bonds. The summed E-state index contributed by atoms with van der Waals surface area (Å²) < 4.78 is 0. The number of Topliss-reactive ketones (excluding diaryl/α,β-unsaturated/α-hetero) is 1. The van der Waals surface area contributed by atoms with Crippen LogP contribution in [-0.2, 0) is 9.59 Å². The fourth-order valence-corrected chi connectivity index (χ4v) is 0.520. The van der Waals surface area contributed by atoms with Gasteiger partial charge in [0, 0.05) is 6.42 Å². The Balaban J connectivity index is 4.12. The molecule has 0 spiro atoms. The molecule has 2 atom stereocenters. The highest BCUT2D eigenvalue weighted by Gasteiger charge is 2.28. The molecule has 5 nitrogen and oxygen atoms in total. The second kappa shape index (κ2) is 4.05. The van der Waals surface area contributed by atoms with E-state index >= 15 is 0 Å². The van der Waals surface area contributed by atoms with Gasteiger partial charge >= 0.3 is 5.97 Å². The highest BCUT2D eigenvalue weighted by Crippen LogP contribution is 1.97. The predicted octanol–water partition coefficient (Wildman–Crippen LogP) is -1.23. The van der Waals surface area contributed by atoms with Gasteiger partial charge in [0.05, 0.1) is 0 Å². The van der Waals surface area contributed by atoms with Crippen LogP contribution in [0.25, 0.3) is 0 Å². The largest absolute Gasteiger partial charge is 0.479 e. The first-order valence-electron chi connectivity index (χ1n) is 3.12. The molecule has 0 saturated carbocycles. The molecule has 0 fully saturated rings. The van der Waals surface area contributed by atoms with Crippen molar-refractivity contribution in [3.05, 3.63) is 0 Å².